The molecule has 1 aromatic rings. The van der Waals surface area contributed by atoms with Crippen LogP contribution < -0.4 is 10.1 Å². The number of ether oxygens (including phenoxy) is 1. The molecule has 1 saturated carbocycles. The first kappa shape index (κ1) is 17.8. The Morgan fingerprint density at radius 1 is 1.23 bits per heavy atom. The number of piperazine rings is 1. The Morgan fingerprint density at radius 2 is 2.00 bits per heavy atom. The Labute approximate surface area is 156 Å². The normalized spacial score (nSPS) is 22.8. The molecular formula is C21H31N3O2. The van der Waals surface area contributed by atoms with Crippen LogP contribution in [0.1, 0.15) is 43.7 Å². The van der Waals surface area contributed by atoms with Crippen molar-refractivity contribution in [2.45, 2.75) is 57.7 Å². The van der Waals surface area contributed by atoms with Crippen molar-refractivity contribution in [3.05, 3.63) is 29.3 Å². The molecule has 0 unspecified atom stereocenters. The Kier molecular flexibility index (Phi) is 5.46. The van der Waals surface area contributed by atoms with Crippen LogP contribution >= 0.6 is 0 Å². The maximum Gasteiger partial charge on any atom is 0.237 e. The first-order chi connectivity index (χ1) is 12.7. The Morgan fingerprint density at radius 3 is 2.77 bits per heavy atom. The lowest BCUT2D eigenvalue weighted by molar-refractivity contribution is -0.127. The van der Waals surface area contributed by atoms with Gasteiger partial charge in [-0.05, 0) is 37.0 Å². The molecule has 1 aliphatic carbocycles. The molecule has 1 atom stereocenters. The van der Waals surface area contributed by atoms with Gasteiger partial charge in [0, 0.05) is 45.2 Å². The number of nitrogens with zero attached hydrogens (tertiary/aromatic N) is 2. The Hall–Kier alpha value is -1.59. The fourth-order valence-corrected chi connectivity index (χ4v) is 4.46. The van der Waals surface area contributed by atoms with Gasteiger partial charge in [-0.1, -0.05) is 25.0 Å². The summed E-state index contributed by atoms with van der Waals surface area (Å²) in [6.07, 6.45) is 5.85. The van der Waals surface area contributed by atoms with Crippen molar-refractivity contribution in [1.82, 2.24) is 15.1 Å². The van der Waals surface area contributed by atoms with Crippen LogP contribution in [0.25, 0.3) is 0 Å². The van der Waals surface area contributed by atoms with Gasteiger partial charge in [0.05, 0.1) is 12.6 Å². The molecule has 0 aromatic heterocycles. The van der Waals surface area contributed by atoms with Crippen molar-refractivity contribution in [2.75, 3.05) is 32.8 Å². The van der Waals surface area contributed by atoms with Crippen LogP contribution in [0.3, 0.4) is 0 Å². The predicted octanol–water partition coefficient (Wildman–Crippen LogP) is 2.19. The predicted molar refractivity (Wildman–Crippen MR) is 102 cm³/mol. The van der Waals surface area contributed by atoms with E-state index < -0.39 is 0 Å². The number of nitrogens with one attached hydrogen (secondary N) is 1. The van der Waals surface area contributed by atoms with Gasteiger partial charge in [0.1, 0.15) is 5.75 Å². The number of carbonyl (C=O) groups excluding carboxylic acids is 1. The number of benzene rings is 1. The summed E-state index contributed by atoms with van der Waals surface area (Å²) < 4.78 is 5.60. The van der Waals surface area contributed by atoms with Crippen molar-refractivity contribution in [3.63, 3.8) is 0 Å². The molecule has 26 heavy (non-hydrogen) atoms. The van der Waals surface area contributed by atoms with E-state index in [1.807, 2.05) is 0 Å². The number of carbonyl (C=O) groups is 1. The molecule has 5 nitrogen and oxygen atoms in total. The van der Waals surface area contributed by atoms with Crippen LogP contribution in [-0.2, 0) is 17.8 Å². The SMILES string of the molecule is C[C@@H](C(=O)NC1CCCC1)N1CCN(Cc2ccc3c(c2)CCO3)CC1. The first-order valence-electron chi connectivity index (χ1n) is 10.2. The zero-order chi connectivity index (χ0) is 17.9. The average molecular weight is 357 g/mol. The lowest BCUT2D eigenvalue weighted by Crippen LogP contribution is -2.54. The minimum atomic E-state index is -0.0186. The maximum atomic E-state index is 12.5. The van der Waals surface area contributed by atoms with Gasteiger partial charge in [0.25, 0.3) is 0 Å². The molecule has 5 heteroatoms. The fraction of sp³-hybridized carbons (Fsp3) is 0.667. The van der Waals surface area contributed by atoms with E-state index in [0.717, 1.165) is 64.3 Å². The lowest BCUT2D eigenvalue weighted by atomic mass is 10.1. The highest BCUT2D eigenvalue weighted by Gasteiger charge is 2.27. The number of rotatable bonds is 5. The molecule has 0 bridgehead atoms. The van der Waals surface area contributed by atoms with E-state index in [1.165, 1.54) is 24.0 Å². The second kappa shape index (κ2) is 7.97. The monoisotopic (exact) mass is 357 g/mol. The molecule has 1 aromatic carbocycles. The van der Waals surface area contributed by atoms with Gasteiger partial charge in [-0.25, -0.2) is 0 Å². The number of amides is 1. The summed E-state index contributed by atoms with van der Waals surface area (Å²) in [4.78, 5) is 17.3. The minimum absolute atomic E-state index is 0.0186. The summed E-state index contributed by atoms with van der Waals surface area (Å²) >= 11 is 0. The molecule has 0 radical (unpaired) electrons. The molecule has 0 spiro atoms. The smallest absolute Gasteiger partial charge is 0.237 e. The first-order valence-corrected chi connectivity index (χ1v) is 10.2. The summed E-state index contributed by atoms with van der Waals surface area (Å²) in [7, 11) is 0. The minimum Gasteiger partial charge on any atom is -0.493 e. The second-order valence-corrected chi connectivity index (χ2v) is 8.02. The van der Waals surface area contributed by atoms with Gasteiger partial charge in [0.2, 0.25) is 5.91 Å². The zero-order valence-electron chi connectivity index (χ0n) is 15.9. The van der Waals surface area contributed by atoms with Gasteiger partial charge in [-0.2, -0.15) is 0 Å². The highest BCUT2D eigenvalue weighted by atomic mass is 16.5. The van der Waals surface area contributed by atoms with Gasteiger partial charge >= 0.3 is 0 Å². The van der Waals surface area contributed by atoms with E-state index in [-0.39, 0.29) is 11.9 Å². The van der Waals surface area contributed by atoms with Crippen molar-refractivity contribution < 1.29 is 9.53 Å². The van der Waals surface area contributed by atoms with Gasteiger partial charge in [-0.15, -0.1) is 0 Å². The number of hydrogen-bond donors (Lipinski definition) is 1. The van der Waals surface area contributed by atoms with Crippen LogP contribution in [0, 0.1) is 0 Å². The number of fused-ring (bicyclic) bond motifs is 1. The summed E-state index contributed by atoms with van der Waals surface area (Å²) in [5, 5.41) is 3.24. The lowest BCUT2D eigenvalue weighted by Gasteiger charge is -2.37. The molecule has 2 aliphatic heterocycles. The van der Waals surface area contributed by atoms with Gasteiger partial charge in [0.15, 0.2) is 0 Å². The largest absolute Gasteiger partial charge is 0.493 e. The fourth-order valence-electron chi connectivity index (χ4n) is 4.46. The molecule has 1 amide bonds. The molecule has 3 aliphatic rings. The molecule has 1 N–H and O–H groups in total. The quantitative estimate of drug-likeness (QED) is 0.877. The van der Waals surface area contributed by atoms with E-state index in [4.69, 9.17) is 4.74 Å². The molecule has 4 rings (SSSR count). The Bertz CT molecular complexity index is 634. The van der Waals surface area contributed by atoms with E-state index in [9.17, 15) is 4.79 Å². The third-order valence-electron chi connectivity index (χ3n) is 6.20. The van der Waals surface area contributed by atoms with E-state index in [0.29, 0.717) is 6.04 Å². The van der Waals surface area contributed by atoms with E-state index >= 15 is 0 Å². The van der Waals surface area contributed by atoms with Crippen molar-refractivity contribution >= 4 is 5.91 Å². The standard InChI is InChI=1S/C21H31N3O2/c1-16(21(25)22-19-4-2-3-5-19)24-11-9-23(10-12-24)15-17-6-7-20-18(14-17)8-13-26-20/h6-7,14,16,19H,2-5,8-13,15H2,1H3,(H,22,25)/t16-/m0/s1. The average Bonchev–Trinajstić information content (AvgIpc) is 3.33. The number of hydrogen-bond acceptors (Lipinski definition) is 4. The van der Waals surface area contributed by atoms with Crippen molar-refractivity contribution in [2.24, 2.45) is 0 Å². The molecule has 2 fully saturated rings. The highest BCUT2D eigenvalue weighted by molar-refractivity contribution is 5.81. The van der Waals surface area contributed by atoms with Crippen molar-refractivity contribution in [1.29, 1.82) is 0 Å². The molecule has 1 saturated heterocycles. The zero-order valence-corrected chi connectivity index (χ0v) is 15.9. The second-order valence-electron chi connectivity index (χ2n) is 8.02. The van der Waals surface area contributed by atoms with E-state index in [1.54, 1.807) is 0 Å². The van der Waals surface area contributed by atoms with Crippen LogP contribution in [0.5, 0.6) is 5.75 Å². The summed E-state index contributed by atoms with van der Waals surface area (Å²) in [6, 6.07) is 6.99. The molecular weight excluding hydrogens is 326 g/mol. The highest BCUT2D eigenvalue weighted by Crippen LogP contribution is 2.26. The van der Waals surface area contributed by atoms with Crippen LogP contribution in [0.4, 0.5) is 0 Å². The maximum absolute atomic E-state index is 12.5. The molecule has 2 heterocycles. The Balaban J connectivity index is 1.25. The topological polar surface area (TPSA) is 44.8 Å². The van der Waals surface area contributed by atoms with Crippen LogP contribution in [0.15, 0.2) is 18.2 Å². The summed E-state index contributed by atoms with van der Waals surface area (Å²) in [5.74, 6) is 1.27. The third kappa shape index (κ3) is 4.04. The van der Waals surface area contributed by atoms with Crippen molar-refractivity contribution in [3.8, 4) is 5.75 Å². The third-order valence-corrected chi connectivity index (χ3v) is 6.20. The van der Waals surface area contributed by atoms with Crippen LogP contribution in [0.2, 0.25) is 0 Å². The van der Waals surface area contributed by atoms with Gasteiger partial charge < -0.3 is 10.1 Å². The van der Waals surface area contributed by atoms with Crippen LogP contribution in [-0.4, -0.2) is 60.6 Å². The van der Waals surface area contributed by atoms with E-state index in [2.05, 4.69) is 40.2 Å². The molecule has 142 valence electrons. The van der Waals surface area contributed by atoms with Gasteiger partial charge in [-0.3, -0.25) is 14.6 Å². The summed E-state index contributed by atoms with van der Waals surface area (Å²) in [6.45, 7) is 7.84. The summed E-state index contributed by atoms with van der Waals surface area (Å²) in [5.41, 5.74) is 2.72.